The summed E-state index contributed by atoms with van der Waals surface area (Å²) >= 11 is 6.06. The first-order valence-electron chi connectivity index (χ1n) is 6.68. The molecule has 2 rings (SSSR count). The van der Waals surface area contributed by atoms with E-state index in [1.54, 1.807) is 0 Å². The number of hydrogen-bond acceptors (Lipinski definition) is 2. The van der Waals surface area contributed by atoms with Crippen LogP contribution in [0.15, 0.2) is 18.2 Å². The van der Waals surface area contributed by atoms with Gasteiger partial charge in [-0.25, -0.2) is 0 Å². The molecule has 1 atom stereocenters. The number of alkyl halides is 1. The smallest absolute Gasteiger partial charge is 0.0494 e. The van der Waals surface area contributed by atoms with E-state index in [9.17, 15) is 0 Å². The van der Waals surface area contributed by atoms with Gasteiger partial charge >= 0.3 is 0 Å². The van der Waals surface area contributed by atoms with Crippen LogP contribution < -0.4 is 4.90 Å². The highest BCUT2D eigenvalue weighted by molar-refractivity contribution is 6.17. The average Bonchev–Trinajstić information content (AvgIpc) is 2.74. The molecule has 1 aliphatic heterocycles. The van der Waals surface area contributed by atoms with E-state index < -0.39 is 0 Å². The summed E-state index contributed by atoms with van der Waals surface area (Å²) in [6.45, 7) is 4.43. The molecule has 1 unspecified atom stereocenters. The Morgan fingerprint density at radius 1 is 1.44 bits per heavy atom. The van der Waals surface area contributed by atoms with Crippen molar-refractivity contribution >= 4 is 17.3 Å². The number of nitrogens with zero attached hydrogens (tertiary/aromatic N) is 2. The summed E-state index contributed by atoms with van der Waals surface area (Å²) in [5.41, 5.74) is 3.79. The van der Waals surface area contributed by atoms with E-state index >= 15 is 0 Å². The number of likely N-dealkylation sites (N-methyl/N-ethyl adjacent to an activating group) is 2. The van der Waals surface area contributed by atoms with Gasteiger partial charge in [-0.15, -0.1) is 11.6 Å². The molecule has 1 aromatic rings. The minimum Gasteiger partial charge on any atom is -0.373 e. The lowest BCUT2D eigenvalue weighted by atomic mass is 10.1. The van der Waals surface area contributed by atoms with Crippen molar-refractivity contribution in [3.05, 3.63) is 29.3 Å². The van der Waals surface area contributed by atoms with Gasteiger partial charge in [-0.2, -0.15) is 0 Å². The first-order chi connectivity index (χ1) is 8.61. The van der Waals surface area contributed by atoms with E-state index in [1.807, 2.05) is 0 Å². The van der Waals surface area contributed by atoms with Crippen LogP contribution in [0.25, 0.3) is 0 Å². The first-order valence-corrected chi connectivity index (χ1v) is 7.22. The van der Waals surface area contributed by atoms with E-state index in [4.69, 9.17) is 11.6 Å². The molecule has 1 fully saturated rings. The molecule has 1 saturated heterocycles. The van der Waals surface area contributed by atoms with Crippen molar-refractivity contribution in [2.75, 3.05) is 32.1 Å². The Morgan fingerprint density at radius 3 is 2.83 bits per heavy atom. The molecule has 0 spiro atoms. The van der Waals surface area contributed by atoms with Gasteiger partial charge in [0.2, 0.25) is 0 Å². The predicted octanol–water partition coefficient (Wildman–Crippen LogP) is 3.26. The number of anilines is 1. The maximum absolute atomic E-state index is 6.06. The van der Waals surface area contributed by atoms with Gasteiger partial charge in [-0.1, -0.05) is 17.7 Å². The van der Waals surface area contributed by atoms with Crippen molar-refractivity contribution in [3.63, 3.8) is 0 Å². The van der Waals surface area contributed by atoms with E-state index in [-0.39, 0.29) is 0 Å². The molecule has 0 radical (unpaired) electrons. The second-order valence-electron chi connectivity index (χ2n) is 5.42. The predicted molar refractivity (Wildman–Crippen MR) is 79.7 cm³/mol. The molecule has 2 nitrogen and oxygen atoms in total. The number of benzene rings is 1. The number of likely N-dealkylation sites (tertiary alicyclic amines) is 1. The molecule has 1 aromatic carbocycles. The van der Waals surface area contributed by atoms with Gasteiger partial charge in [-0.3, -0.25) is 0 Å². The van der Waals surface area contributed by atoms with Gasteiger partial charge in [0.25, 0.3) is 0 Å². The molecular weight excluding hydrogens is 244 g/mol. The fourth-order valence-corrected chi connectivity index (χ4v) is 3.03. The van der Waals surface area contributed by atoms with Crippen LogP contribution in [-0.2, 0) is 5.88 Å². The number of aryl methyl sites for hydroxylation is 1. The second-order valence-corrected chi connectivity index (χ2v) is 5.69. The minimum atomic E-state index is 0.585. The zero-order chi connectivity index (χ0) is 13.1. The van der Waals surface area contributed by atoms with Crippen LogP contribution in [0.2, 0.25) is 0 Å². The third-order valence-corrected chi connectivity index (χ3v) is 4.23. The summed E-state index contributed by atoms with van der Waals surface area (Å²) in [6, 6.07) is 7.24. The fourth-order valence-electron chi connectivity index (χ4n) is 2.82. The molecule has 0 saturated carbocycles. The summed E-state index contributed by atoms with van der Waals surface area (Å²) in [5, 5.41) is 0. The first kappa shape index (κ1) is 13.7. The van der Waals surface area contributed by atoms with Crippen LogP contribution >= 0.6 is 11.6 Å². The molecule has 0 aliphatic carbocycles. The van der Waals surface area contributed by atoms with E-state index in [0.717, 1.165) is 6.54 Å². The standard InChI is InChI=1S/C15H23ClN2/c1-12-6-7-15(13(9-12)10-16)18(3)11-14-5-4-8-17(14)2/h6-7,9,14H,4-5,8,10-11H2,1-3H3. The van der Waals surface area contributed by atoms with Crippen molar-refractivity contribution in [3.8, 4) is 0 Å². The lowest BCUT2D eigenvalue weighted by Crippen LogP contribution is -2.36. The maximum atomic E-state index is 6.06. The highest BCUT2D eigenvalue weighted by atomic mass is 35.5. The summed E-state index contributed by atoms with van der Waals surface area (Å²) < 4.78 is 0. The number of hydrogen-bond donors (Lipinski definition) is 0. The summed E-state index contributed by atoms with van der Waals surface area (Å²) in [7, 11) is 4.40. The molecule has 1 aliphatic rings. The summed E-state index contributed by atoms with van der Waals surface area (Å²) in [4.78, 5) is 4.81. The molecule has 0 bridgehead atoms. The van der Waals surface area contributed by atoms with Crippen molar-refractivity contribution in [2.24, 2.45) is 0 Å². The quantitative estimate of drug-likeness (QED) is 0.772. The normalized spacial score (nSPS) is 20.3. The number of halogens is 1. The van der Waals surface area contributed by atoms with Crippen LogP contribution in [0.3, 0.4) is 0 Å². The molecule has 100 valence electrons. The molecule has 0 aromatic heterocycles. The van der Waals surface area contributed by atoms with Crippen molar-refractivity contribution in [2.45, 2.75) is 31.7 Å². The topological polar surface area (TPSA) is 6.48 Å². The van der Waals surface area contributed by atoms with E-state index in [0.29, 0.717) is 11.9 Å². The lowest BCUT2D eigenvalue weighted by Gasteiger charge is -2.28. The fraction of sp³-hybridized carbons (Fsp3) is 0.600. The minimum absolute atomic E-state index is 0.585. The summed E-state index contributed by atoms with van der Waals surface area (Å²) in [5.74, 6) is 0.585. The van der Waals surface area contributed by atoms with Gasteiger partial charge in [0.15, 0.2) is 0 Å². The average molecular weight is 267 g/mol. The van der Waals surface area contributed by atoms with Crippen LogP contribution in [-0.4, -0.2) is 38.1 Å². The summed E-state index contributed by atoms with van der Waals surface area (Å²) in [6.07, 6.45) is 2.63. The van der Waals surface area contributed by atoms with Crippen molar-refractivity contribution < 1.29 is 0 Å². The molecule has 0 amide bonds. The number of rotatable bonds is 4. The maximum Gasteiger partial charge on any atom is 0.0494 e. The van der Waals surface area contributed by atoms with E-state index in [1.165, 1.54) is 36.2 Å². The monoisotopic (exact) mass is 266 g/mol. The van der Waals surface area contributed by atoms with Gasteiger partial charge in [0.05, 0.1) is 0 Å². The molecule has 3 heteroatoms. The largest absolute Gasteiger partial charge is 0.373 e. The van der Waals surface area contributed by atoms with E-state index in [2.05, 4.69) is 49.0 Å². The third-order valence-electron chi connectivity index (χ3n) is 3.95. The Kier molecular flexibility index (Phi) is 4.52. The Bertz CT molecular complexity index is 405. The Hall–Kier alpha value is -0.730. The van der Waals surface area contributed by atoms with Gasteiger partial charge < -0.3 is 9.80 Å². The van der Waals surface area contributed by atoms with Crippen LogP contribution in [0, 0.1) is 6.92 Å². The Balaban J connectivity index is 2.10. The Morgan fingerprint density at radius 2 is 2.22 bits per heavy atom. The van der Waals surface area contributed by atoms with Crippen LogP contribution in [0.5, 0.6) is 0 Å². The molecule has 1 heterocycles. The van der Waals surface area contributed by atoms with Crippen LogP contribution in [0.4, 0.5) is 5.69 Å². The highest BCUT2D eigenvalue weighted by Crippen LogP contribution is 2.25. The van der Waals surface area contributed by atoms with Gasteiger partial charge in [0, 0.05) is 31.2 Å². The van der Waals surface area contributed by atoms with Crippen molar-refractivity contribution in [1.82, 2.24) is 4.90 Å². The van der Waals surface area contributed by atoms with Crippen LogP contribution in [0.1, 0.15) is 24.0 Å². The zero-order valence-corrected chi connectivity index (χ0v) is 12.4. The second kappa shape index (κ2) is 5.94. The Labute approximate surface area is 116 Å². The molecule has 18 heavy (non-hydrogen) atoms. The third kappa shape index (κ3) is 2.99. The van der Waals surface area contributed by atoms with Crippen molar-refractivity contribution in [1.29, 1.82) is 0 Å². The molecule has 0 N–H and O–H groups in total. The van der Waals surface area contributed by atoms with Gasteiger partial charge in [-0.05, 0) is 45.0 Å². The lowest BCUT2D eigenvalue weighted by molar-refractivity contribution is 0.314. The zero-order valence-electron chi connectivity index (χ0n) is 11.6. The SMILES string of the molecule is Cc1ccc(N(C)CC2CCCN2C)c(CCl)c1. The highest BCUT2D eigenvalue weighted by Gasteiger charge is 2.22. The van der Waals surface area contributed by atoms with Gasteiger partial charge in [0.1, 0.15) is 0 Å². The molecular formula is C15H23ClN2.